The van der Waals surface area contributed by atoms with E-state index in [2.05, 4.69) is 5.10 Å². The van der Waals surface area contributed by atoms with Crippen molar-refractivity contribution in [1.82, 2.24) is 14.5 Å². The Kier molecular flexibility index (Phi) is 6.51. The molecule has 184 valence electrons. The van der Waals surface area contributed by atoms with Gasteiger partial charge in [-0.25, -0.2) is 13.1 Å². The summed E-state index contributed by atoms with van der Waals surface area (Å²) in [6, 6.07) is 15.2. The lowest BCUT2D eigenvalue weighted by atomic mass is 10.1. The summed E-state index contributed by atoms with van der Waals surface area (Å²) >= 11 is 6.08. The monoisotopic (exact) mass is 532 g/mol. The zero-order valence-corrected chi connectivity index (χ0v) is 20.0. The van der Waals surface area contributed by atoms with Crippen molar-refractivity contribution in [3.63, 3.8) is 0 Å². The fraction of sp³-hybridized carbons (Fsp3) is 0.125. The Morgan fingerprint density at radius 2 is 1.86 bits per heavy atom. The van der Waals surface area contributed by atoms with Gasteiger partial charge < -0.3 is 0 Å². The van der Waals surface area contributed by atoms with E-state index >= 15 is 0 Å². The quantitative estimate of drug-likeness (QED) is 0.387. The van der Waals surface area contributed by atoms with Crippen molar-refractivity contribution in [3.8, 4) is 6.07 Å². The number of amides is 1. The van der Waals surface area contributed by atoms with Crippen molar-refractivity contribution in [2.45, 2.75) is 24.5 Å². The zero-order valence-electron chi connectivity index (χ0n) is 18.5. The number of nitrogens with one attached hydrogen (secondary N) is 1. The van der Waals surface area contributed by atoms with Gasteiger partial charge in [0, 0.05) is 10.4 Å². The van der Waals surface area contributed by atoms with Crippen molar-refractivity contribution >= 4 is 38.4 Å². The molecule has 4 rings (SSSR count). The molecule has 0 aliphatic carbocycles. The van der Waals surface area contributed by atoms with Gasteiger partial charge in [-0.1, -0.05) is 35.9 Å². The predicted octanol–water partition coefficient (Wildman–Crippen LogP) is 5.06. The number of sulfonamides is 1. The molecule has 1 amide bonds. The van der Waals surface area contributed by atoms with Crippen LogP contribution in [0, 0.1) is 18.3 Å². The van der Waals surface area contributed by atoms with Gasteiger partial charge in [-0.15, -0.1) is 0 Å². The number of alkyl halides is 3. The van der Waals surface area contributed by atoms with Gasteiger partial charge in [0.25, 0.3) is 15.9 Å². The van der Waals surface area contributed by atoms with Crippen LogP contribution in [0.25, 0.3) is 10.9 Å². The van der Waals surface area contributed by atoms with Crippen LogP contribution in [0.2, 0.25) is 5.02 Å². The van der Waals surface area contributed by atoms with Gasteiger partial charge in [-0.2, -0.15) is 23.5 Å². The first-order valence-electron chi connectivity index (χ1n) is 10.3. The third kappa shape index (κ3) is 4.91. The minimum Gasteiger partial charge on any atom is -0.266 e. The molecule has 4 aromatic rings. The smallest absolute Gasteiger partial charge is 0.266 e. The standard InChI is InChI=1S/C24H16ClF3N4O3S/c1-14-10-18(9-7-15(14)12-29)36(34,35)31-23(33)22-19-4-2-3-5-21(19)32(30-22)13-16-6-8-17(11-20(16)25)24(26,27)28/h2-11H,13H2,1H3,(H,31,33). The molecule has 0 fully saturated rings. The summed E-state index contributed by atoms with van der Waals surface area (Å²) in [6.45, 7) is 1.51. The van der Waals surface area contributed by atoms with Gasteiger partial charge in [-0.3, -0.25) is 9.48 Å². The minimum absolute atomic E-state index is 0.0632. The van der Waals surface area contributed by atoms with Crippen LogP contribution in [-0.4, -0.2) is 24.1 Å². The Bertz CT molecular complexity index is 1660. The fourth-order valence-corrected chi connectivity index (χ4v) is 4.86. The molecule has 0 saturated heterocycles. The molecule has 36 heavy (non-hydrogen) atoms. The van der Waals surface area contributed by atoms with Crippen LogP contribution in [-0.2, 0) is 22.7 Å². The van der Waals surface area contributed by atoms with Crippen molar-refractivity contribution in [2.24, 2.45) is 0 Å². The van der Waals surface area contributed by atoms with Crippen LogP contribution in [0.15, 0.2) is 65.6 Å². The van der Waals surface area contributed by atoms with Gasteiger partial charge in [0.1, 0.15) is 0 Å². The number of aromatic nitrogens is 2. The van der Waals surface area contributed by atoms with Crippen LogP contribution in [0.1, 0.15) is 32.7 Å². The van der Waals surface area contributed by atoms with E-state index in [1.807, 2.05) is 10.8 Å². The number of rotatable bonds is 5. The molecule has 0 radical (unpaired) electrons. The van der Waals surface area contributed by atoms with E-state index in [4.69, 9.17) is 16.9 Å². The molecule has 0 aliphatic rings. The molecule has 12 heteroatoms. The number of para-hydroxylation sites is 1. The molecule has 0 aliphatic heterocycles. The second-order valence-corrected chi connectivity index (χ2v) is 9.94. The highest BCUT2D eigenvalue weighted by Gasteiger charge is 2.31. The summed E-state index contributed by atoms with van der Waals surface area (Å²) < 4.78 is 67.8. The number of benzene rings is 3. The maximum absolute atomic E-state index is 13.0. The second-order valence-electron chi connectivity index (χ2n) is 7.85. The molecule has 3 aromatic carbocycles. The Morgan fingerprint density at radius 3 is 2.50 bits per heavy atom. The normalized spacial score (nSPS) is 11.9. The molecular formula is C24H16ClF3N4O3S. The first-order chi connectivity index (χ1) is 16.9. The van der Waals surface area contributed by atoms with Crippen molar-refractivity contribution in [3.05, 3.63) is 93.6 Å². The summed E-state index contributed by atoms with van der Waals surface area (Å²) in [5.74, 6) is -0.995. The van der Waals surface area contributed by atoms with Gasteiger partial charge in [-0.05, 0) is 54.4 Å². The molecule has 7 nitrogen and oxygen atoms in total. The van der Waals surface area contributed by atoms with Gasteiger partial charge in [0.2, 0.25) is 0 Å². The molecule has 0 spiro atoms. The molecule has 0 unspecified atom stereocenters. The number of aryl methyl sites for hydroxylation is 1. The Hall–Kier alpha value is -3.88. The van der Waals surface area contributed by atoms with E-state index in [1.165, 1.54) is 28.9 Å². The molecule has 0 bridgehead atoms. The third-order valence-corrected chi connectivity index (χ3v) is 7.11. The van der Waals surface area contributed by atoms with Crippen LogP contribution in [0.4, 0.5) is 13.2 Å². The number of halogens is 4. The van der Waals surface area contributed by atoms with Gasteiger partial charge in [0.15, 0.2) is 5.69 Å². The summed E-state index contributed by atoms with van der Waals surface area (Å²) in [6.07, 6.45) is -4.55. The van der Waals surface area contributed by atoms with Crippen LogP contribution in [0.3, 0.4) is 0 Å². The number of nitriles is 1. The van der Waals surface area contributed by atoms with Crippen LogP contribution in [0.5, 0.6) is 0 Å². The van der Waals surface area contributed by atoms with E-state index in [1.54, 1.807) is 31.2 Å². The number of hydrogen-bond acceptors (Lipinski definition) is 5. The number of nitrogens with zero attached hydrogens (tertiary/aromatic N) is 3. The fourth-order valence-electron chi connectivity index (χ4n) is 3.59. The lowest BCUT2D eigenvalue weighted by molar-refractivity contribution is -0.137. The van der Waals surface area contributed by atoms with Gasteiger partial charge in [0.05, 0.1) is 34.2 Å². The van der Waals surface area contributed by atoms with E-state index in [0.29, 0.717) is 27.6 Å². The largest absolute Gasteiger partial charge is 0.416 e. The SMILES string of the molecule is Cc1cc(S(=O)(=O)NC(=O)c2nn(Cc3ccc(C(F)(F)F)cc3Cl)c3ccccc23)ccc1C#N. The topological polar surface area (TPSA) is 105 Å². The van der Waals surface area contributed by atoms with Gasteiger partial charge >= 0.3 is 6.18 Å². The summed E-state index contributed by atoms with van der Waals surface area (Å²) in [5.41, 5.74) is 0.408. The molecule has 0 saturated carbocycles. The number of carbonyl (C=O) groups is 1. The van der Waals surface area contributed by atoms with Crippen LogP contribution < -0.4 is 4.72 Å². The van der Waals surface area contributed by atoms with Crippen molar-refractivity contribution < 1.29 is 26.4 Å². The predicted molar refractivity (Wildman–Crippen MR) is 126 cm³/mol. The number of fused-ring (bicyclic) bond motifs is 1. The third-order valence-electron chi connectivity index (χ3n) is 5.43. The molecule has 0 atom stereocenters. The highest BCUT2D eigenvalue weighted by molar-refractivity contribution is 7.90. The summed E-state index contributed by atoms with van der Waals surface area (Å²) in [7, 11) is -4.28. The zero-order chi connectivity index (χ0) is 26.3. The lowest BCUT2D eigenvalue weighted by Crippen LogP contribution is -2.31. The maximum atomic E-state index is 13.0. The first kappa shape index (κ1) is 25.2. The average molecular weight is 533 g/mol. The number of carbonyl (C=O) groups excluding carboxylic acids is 1. The number of hydrogen-bond donors (Lipinski definition) is 1. The Morgan fingerprint density at radius 1 is 1.14 bits per heavy atom. The van der Waals surface area contributed by atoms with E-state index in [0.717, 1.165) is 12.1 Å². The van der Waals surface area contributed by atoms with E-state index in [-0.39, 0.29) is 22.2 Å². The second kappa shape index (κ2) is 9.29. The molecule has 1 N–H and O–H groups in total. The molecular weight excluding hydrogens is 517 g/mol. The summed E-state index contributed by atoms with van der Waals surface area (Å²) in [4.78, 5) is 12.8. The van der Waals surface area contributed by atoms with Crippen molar-refractivity contribution in [1.29, 1.82) is 5.26 Å². The average Bonchev–Trinajstić information content (AvgIpc) is 3.18. The minimum atomic E-state index is -4.55. The van der Waals surface area contributed by atoms with E-state index < -0.39 is 27.7 Å². The first-order valence-corrected chi connectivity index (χ1v) is 12.2. The lowest BCUT2D eigenvalue weighted by Gasteiger charge is -2.10. The molecule has 1 heterocycles. The highest BCUT2D eigenvalue weighted by Crippen LogP contribution is 2.32. The Labute approximate surface area is 208 Å². The summed E-state index contributed by atoms with van der Waals surface area (Å²) in [5, 5.41) is 13.5. The maximum Gasteiger partial charge on any atom is 0.416 e. The van der Waals surface area contributed by atoms with Crippen molar-refractivity contribution in [2.75, 3.05) is 0 Å². The molecule has 1 aromatic heterocycles. The van der Waals surface area contributed by atoms with Crippen LogP contribution >= 0.6 is 11.6 Å². The highest BCUT2D eigenvalue weighted by atomic mass is 35.5. The Balaban J connectivity index is 1.67. The van der Waals surface area contributed by atoms with E-state index in [9.17, 15) is 26.4 Å².